The maximum atomic E-state index is 13.4. The summed E-state index contributed by atoms with van der Waals surface area (Å²) in [6, 6.07) is 3.78. The Bertz CT molecular complexity index is 419. The average Bonchev–Trinajstić information content (AvgIpc) is 2.18. The standard InChI is InChI=1S/C10H9F4NOS/c11-8-3-6(9(15)17)1-2-7(8)4-16-5-10(12,13)14/h1-3H,4-5H2,(H2,15,17). The second-order valence-corrected chi connectivity index (χ2v) is 3.72. The fourth-order valence-electron chi connectivity index (χ4n) is 1.09. The van der Waals surface area contributed by atoms with Gasteiger partial charge in [-0.15, -0.1) is 0 Å². The molecule has 17 heavy (non-hydrogen) atoms. The second-order valence-electron chi connectivity index (χ2n) is 3.28. The summed E-state index contributed by atoms with van der Waals surface area (Å²) in [5.74, 6) is -0.697. The van der Waals surface area contributed by atoms with Crippen LogP contribution in [0.25, 0.3) is 0 Å². The Hall–Kier alpha value is -1.21. The van der Waals surface area contributed by atoms with Crippen LogP contribution < -0.4 is 5.73 Å². The number of alkyl halides is 3. The summed E-state index contributed by atoms with van der Waals surface area (Å²) in [5, 5.41) is 0. The van der Waals surface area contributed by atoms with Crippen LogP contribution in [-0.4, -0.2) is 17.8 Å². The first-order valence-corrected chi connectivity index (χ1v) is 4.93. The molecular weight excluding hydrogens is 258 g/mol. The summed E-state index contributed by atoms with van der Waals surface area (Å²) >= 11 is 4.63. The number of hydrogen-bond donors (Lipinski definition) is 1. The number of halogens is 4. The van der Waals surface area contributed by atoms with Crippen LogP contribution in [-0.2, 0) is 11.3 Å². The minimum atomic E-state index is -4.42. The first-order chi connectivity index (χ1) is 7.79. The van der Waals surface area contributed by atoms with Crippen molar-refractivity contribution in [2.75, 3.05) is 6.61 Å². The van der Waals surface area contributed by atoms with E-state index in [0.717, 1.165) is 6.07 Å². The fraction of sp³-hybridized carbons (Fsp3) is 0.300. The molecule has 0 unspecified atom stereocenters. The Balaban J connectivity index is 2.64. The molecule has 1 rings (SSSR count). The van der Waals surface area contributed by atoms with E-state index in [4.69, 9.17) is 5.73 Å². The highest BCUT2D eigenvalue weighted by Gasteiger charge is 2.27. The van der Waals surface area contributed by atoms with Crippen molar-refractivity contribution < 1.29 is 22.3 Å². The molecule has 0 bridgehead atoms. The van der Waals surface area contributed by atoms with Crippen LogP contribution >= 0.6 is 12.2 Å². The molecule has 7 heteroatoms. The second kappa shape index (κ2) is 5.42. The fourth-order valence-corrected chi connectivity index (χ4v) is 1.22. The van der Waals surface area contributed by atoms with E-state index in [0.29, 0.717) is 5.56 Å². The summed E-state index contributed by atoms with van der Waals surface area (Å²) < 4.78 is 53.0. The van der Waals surface area contributed by atoms with Gasteiger partial charge in [0.1, 0.15) is 17.4 Å². The molecule has 0 radical (unpaired) electrons. The normalized spacial score (nSPS) is 11.5. The summed E-state index contributed by atoms with van der Waals surface area (Å²) in [4.78, 5) is 0.0201. The van der Waals surface area contributed by atoms with Crippen LogP contribution in [0.3, 0.4) is 0 Å². The molecule has 0 fully saturated rings. The van der Waals surface area contributed by atoms with Crippen molar-refractivity contribution in [2.45, 2.75) is 12.8 Å². The molecule has 0 spiro atoms. The molecule has 0 aliphatic carbocycles. The van der Waals surface area contributed by atoms with E-state index >= 15 is 0 Å². The SMILES string of the molecule is NC(=S)c1ccc(COCC(F)(F)F)c(F)c1. The van der Waals surface area contributed by atoms with Gasteiger partial charge in [-0.3, -0.25) is 0 Å². The molecule has 0 amide bonds. The van der Waals surface area contributed by atoms with Gasteiger partial charge in [-0.05, 0) is 6.07 Å². The molecule has 0 aliphatic heterocycles. The minimum absolute atomic E-state index is 0.0201. The Kier molecular flexibility index (Phi) is 4.41. The zero-order valence-electron chi connectivity index (χ0n) is 8.55. The van der Waals surface area contributed by atoms with Crippen molar-refractivity contribution >= 4 is 17.2 Å². The highest BCUT2D eigenvalue weighted by atomic mass is 32.1. The average molecular weight is 267 g/mol. The largest absolute Gasteiger partial charge is 0.411 e. The number of hydrogen-bond acceptors (Lipinski definition) is 2. The van der Waals surface area contributed by atoms with E-state index < -0.39 is 25.2 Å². The third kappa shape index (κ3) is 4.66. The first-order valence-electron chi connectivity index (χ1n) is 4.52. The molecule has 0 atom stereocenters. The number of rotatable bonds is 4. The first kappa shape index (κ1) is 13.9. The Morgan fingerprint density at radius 1 is 1.35 bits per heavy atom. The summed E-state index contributed by atoms with van der Waals surface area (Å²) in [7, 11) is 0. The lowest BCUT2D eigenvalue weighted by Gasteiger charge is -2.09. The van der Waals surface area contributed by atoms with Crippen molar-refractivity contribution in [2.24, 2.45) is 5.73 Å². The van der Waals surface area contributed by atoms with Gasteiger partial charge in [0.25, 0.3) is 0 Å². The van der Waals surface area contributed by atoms with Gasteiger partial charge in [-0.1, -0.05) is 24.4 Å². The predicted octanol–water partition coefficient (Wildman–Crippen LogP) is 2.54. The van der Waals surface area contributed by atoms with Crippen molar-refractivity contribution in [1.29, 1.82) is 0 Å². The Morgan fingerprint density at radius 3 is 2.47 bits per heavy atom. The van der Waals surface area contributed by atoms with E-state index in [1.807, 2.05) is 0 Å². The minimum Gasteiger partial charge on any atom is -0.389 e. The predicted molar refractivity (Wildman–Crippen MR) is 58.0 cm³/mol. The molecule has 2 nitrogen and oxygen atoms in total. The van der Waals surface area contributed by atoms with Crippen LogP contribution in [0.15, 0.2) is 18.2 Å². The lowest BCUT2D eigenvalue weighted by atomic mass is 10.1. The van der Waals surface area contributed by atoms with E-state index in [-0.39, 0.29) is 10.6 Å². The van der Waals surface area contributed by atoms with Crippen LogP contribution in [0.5, 0.6) is 0 Å². The van der Waals surface area contributed by atoms with Crippen LogP contribution in [0, 0.1) is 5.82 Å². The number of ether oxygens (including phenoxy) is 1. The van der Waals surface area contributed by atoms with Gasteiger partial charge in [0.05, 0.1) is 6.61 Å². The van der Waals surface area contributed by atoms with E-state index in [9.17, 15) is 17.6 Å². The van der Waals surface area contributed by atoms with Gasteiger partial charge in [-0.25, -0.2) is 4.39 Å². The highest BCUT2D eigenvalue weighted by Crippen LogP contribution is 2.17. The van der Waals surface area contributed by atoms with E-state index in [2.05, 4.69) is 17.0 Å². The topological polar surface area (TPSA) is 35.2 Å². The lowest BCUT2D eigenvalue weighted by Crippen LogP contribution is -2.17. The molecule has 0 aliphatic rings. The number of benzene rings is 1. The van der Waals surface area contributed by atoms with Gasteiger partial charge in [0.15, 0.2) is 0 Å². The van der Waals surface area contributed by atoms with Gasteiger partial charge in [0.2, 0.25) is 0 Å². The zero-order chi connectivity index (χ0) is 13.1. The number of nitrogens with two attached hydrogens (primary N) is 1. The van der Waals surface area contributed by atoms with Crippen LogP contribution in [0.1, 0.15) is 11.1 Å². The van der Waals surface area contributed by atoms with Crippen molar-refractivity contribution in [1.82, 2.24) is 0 Å². The Labute approximate surface area is 100 Å². The third-order valence-electron chi connectivity index (χ3n) is 1.86. The van der Waals surface area contributed by atoms with Gasteiger partial charge >= 0.3 is 6.18 Å². The van der Waals surface area contributed by atoms with Crippen molar-refractivity contribution in [3.63, 3.8) is 0 Å². The summed E-state index contributed by atoms with van der Waals surface area (Å²) in [5.41, 5.74) is 5.61. The summed E-state index contributed by atoms with van der Waals surface area (Å²) in [6.07, 6.45) is -4.42. The van der Waals surface area contributed by atoms with Gasteiger partial charge < -0.3 is 10.5 Å². The molecule has 94 valence electrons. The van der Waals surface area contributed by atoms with Gasteiger partial charge in [0, 0.05) is 11.1 Å². The molecule has 1 aromatic rings. The molecular formula is C10H9F4NOS. The molecule has 0 heterocycles. The molecule has 0 saturated heterocycles. The highest BCUT2D eigenvalue weighted by molar-refractivity contribution is 7.80. The maximum absolute atomic E-state index is 13.4. The smallest absolute Gasteiger partial charge is 0.389 e. The van der Waals surface area contributed by atoms with Crippen LogP contribution in [0.2, 0.25) is 0 Å². The Morgan fingerprint density at radius 2 is 2.00 bits per heavy atom. The molecule has 1 aromatic carbocycles. The van der Waals surface area contributed by atoms with Crippen molar-refractivity contribution in [3.05, 3.63) is 35.1 Å². The summed E-state index contributed by atoms with van der Waals surface area (Å²) in [6.45, 7) is -1.87. The van der Waals surface area contributed by atoms with E-state index in [1.165, 1.54) is 12.1 Å². The molecule has 2 N–H and O–H groups in total. The van der Waals surface area contributed by atoms with Crippen molar-refractivity contribution in [3.8, 4) is 0 Å². The van der Waals surface area contributed by atoms with Gasteiger partial charge in [-0.2, -0.15) is 13.2 Å². The van der Waals surface area contributed by atoms with E-state index in [1.54, 1.807) is 0 Å². The number of thiocarbonyl (C=S) groups is 1. The monoisotopic (exact) mass is 267 g/mol. The van der Waals surface area contributed by atoms with Crippen LogP contribution in [0.4, 0.5) is 17.6 Å². The zero-order valence-corrected chi connectivity index (χ0v) is 9.37. The maximum Gasteiger partial charge on any atom is 0.411 e. The molecule has 0 aromatic heterocycles. The molecule has 0 saturated carbocycles. The lowest BCUT2D eigenvalue weighted by molar-refractivity contribution is -0.176. The quantitative estimate of drug-likeness (QED) is 0.672. The third-order valence-corrected chi connectivity index (χ3v) is 2.10.